The van der Waals surface area contributed by atoms with Crippen LogP contribution in [0.2, 0.25) is 0 Å². The largest absolute Gasteiger partial charge is 0.309 e. The fourth-order valence-corrected chi connectivity index (χ4v) is 11.2. The summed E-state index contributed by atoms with van der Waals surface area (Å²) >= 11 is 1.77. The average Bonchev–Trinajstić information content (AvgIpc) is 4.08. The highest BCUT2D eigenvalue weighted by atomic mass is 32.1. The first-order chi connectivity index (χ1) is 36.6. The van der Waals surface area contributed by atoms with Gasteiger partial charge in [-0.15, -0.1) is 11.3 Å². The molecule has 14 aromatic rings. The maximum absolute atomic E-state index is 9.28. The average molecular weight is 890 g/mol. The SMILES string of the molecule is [2H]c1cc([2H])c2c(c1[2H])c1c([2H])c([2H])c([2H])c([2H])c1n2-c1ccccc1-c1nc(-c2cccc(-c3cccc4c3sc3ccc(-c5ccccc5)cc34)c2)nc(-c2ccc3c4ccccc4c4ccccc4c3c2)n1. The van der Waals surface area contributed by atoms with Crippen LogP contribution < -0.4 is 0 Å². The maximum Gasteiger partial charge on any atom is 0.166 e. The molecule has 0 aliphatic carbocycles. The summed E-state index contributed by atoms with van der Waals surface area (Å²) in [5.41, 5.74) is 7.08. The van der Waals surface area contributed by atoms with Gasteiger partial charge >= 0.3 is 0 Å². The quantitative estimate of drug-likeness (QED) is 0.156. The molecule has 0 aliphatic rings. The molecule has 0 N–H and O–H groups in total. The van der Waals surface area contributed by atoms with Crippen LogP contribution >= 0.6 is 11.3 Å². The van der Waals surface area contributed by atoms with E-state index in [4.69, 9.17) is 21.8 Å². The van der Waals surface area contributed by atoms with Crippen molar-refractivity contribution in [1.29, 1.82) is 0 Å². The minimum atomic E-state index is -0.466. The van der Waals surface area contributed by atoms with Gasteiger partial charge in [-0.25, -0.2) is 15.0 Å². The van der Waals surface area contributed by atoms with Crippen molar-refractivity contribution in [1.82, 2.24) is 19.5 Å². The topological polar surface area (TPSA) is 43.6 Å². The maximum atomic E-state index is 9.28. The van der Waals surface area contributed by atoms with Gasteiger partial charge in [0, 0.05) is 47.6 Å². The van der Waals surface area contributed by atoms with Crippen LogP contribution in [0.4, 0.5) is 0 Å². The molecule has 3 heterocycles. The summed E-state index contributed by atoms with van der Waals surface area (Å²) in [7, 11) is 0. The van der Waals surface area contributed by atoms with Crippen LogP contribution in [0.5, 0.6) is 0 Å². The molecule has 4 nitrogen and oxygen atoms in total. The minimum absolute atomic E-state index is 0.0634. The number of benzene rings is 11. The third kappa shape index (κ3) is 6.10. The van der Waals surface area contributed by atoms with Gasteiger partial charge in [-0.3, -0.25) is 0 Å². The zero-order chi connectivity index (χ0) is 50.8. The molecule has 0 saturated carbocycles. The first kappa shape index (κ1) is 32.0. The fraction of sp³-hybridized carbons (Fsp3) is 0. The number of rotatable bonds is 6. The number of hydrogen-bond acceptors (Lipinski definition) is 4. The molecular formula is C63H38N4S. The molecule has 11 aromatic carbocycles. The van der Waals surface area contributed by atoms with E-state index in [9.17, 15) is 2.74 Å². The van der Waals surface area contributed by atoms with E-state index in [-0.39, 0.29) is 57.8 Å². The molecule has 68 heavy (non-hydrogen) atoms. The van der Waals surface area contributed by atoms with Gasteiger partial charge in [-0.2, -0.15) is 0 Å². The van der Waals surface area contributed by atoms with Crippen molar-refractivity contribution in [3.05, 3.63) is 230 Å². The van der Waals surface area contributed by atoms with Gasteiger partial charge in [0.2, 0.25) is 0 Å². The van der Waals surface area contributed by atoms with Crippen LogP contribution in [0.3, 0.4) is 0 Å². The highest BCUT2D eigenvalue weighted by Crippen LogP contribution is 2.43. The van der Waals surface area contributed by atoms with Gasteiger partial charge in [-0.1, -0.05) is 182 Å². The summed E-state index contributed by atoms with van der Waals surface area (Å²) in [6.07, 6.45) is 0. The molecule has 0 bridgehead atoms. The zero-order valence-electron chi connectivity index (χ0n) is 43.1. The van der Waals surface area contributed by atoms with E-state index in [1.165, 1.54) is 37.2 Å². The van der Waals surface area contributed by atoms with Crippen LogP contribution in [0.25, 0.3) is 136 Å². The normalized spacial score (nSPS) is 13.3. The molecule has 316 valence electrons. The molecule has 0 spiro atoms. The van der Waals surface area contributed by atoms with E-state index < -0.39 is 12.1 Å². The number of aromatic nitrogens is 4. The van der Waals surface area contributed by atoms with Gasteiger partial charge in [0.15, 0.2) is 17.5 Å². The Balaban J connectivity index is 1.01. The lowest BCUT2D eigenvalue weighted by Crippen LogP contribution is -2.03. The van der Waals surface area contributed by atoms with E-state index in [0.29, 0.717) is 22.9 Å². The Labute approximate surface area is 405 Å². The predicted molar refractivity (Wildman–Crippen MR) is 287 cm³/mol. The number of hydrogen-bond donors (Lipinski definition) is 0. The van der Waals surface area contributed by atoms with Crippen molar-refractivity contribution >= 4 is 85.6 Å². The van der Waals surface area contributed by atoms with E-state index in [2.05, 4.69) is 133 Å². The first-order valence-electron chi connectivity index (χ1n) is 25.9. The van der Waals surface area contributed by atoms with Gasteiger partial charge in [0.25, 0.3) is 0 Å². The molecule has 0 radical (unpaired) electrons. The van der Waals surface area contributed by atoms with Crippen LogP contribution in [0.1, 0.15) is 9.60 Å². The lowest BCUT2D eigenvalue weighted by molar-refractivity contribution is 1.06. The van der Waals surface area contributed by atoms with Gasteiger partial charge in [0.1, 0.15) is 0 Å². The van der Waals surface area contributed by atoms with Crippen molar-refractivity contribution in [3.63, 3.8) is 0 Å². The van der Waals surface area contributed by atoms with E-state index in [1.54, 1.807) is 22.0 Å². The summed E-state index contributed by atoms with van der Waals surface area (Å²) in [5, 5.41) is 9.21. The molecular weight excluding hydrogens is 845 g/mol. The fourth-order valence-electron chi connectivity index (χ4n) is 10.0. The second-order valence-corrected chi connectivity index (χ2v) is 18.0. The lowest BCUT2D eigenvalue weighted by Gasteiger charge is -2.15. The van der Waals surface area contributed by atoms with Crippen LogP contribution in [-0.2, 0) is 0 Å². The Morgan fingerprint density at radius 2 is 0.897 bits per heavy atom. The Morgan fingerprint density at radius 1 is 0.338 bits per heavy atom. The van der Waals surface area contributed by atoms with Crippen molar-refractivity contribution in [2.45, 2.75) is 0 Å². The second kappa shape index (κ2) is 15.4. The monoisotopic (exact) mass is 889 g/mol. The number of thiophene rings is 1. The second-order valence-electron chi connectivity index (χ2n) is 17.0. The molecule has 0 fully saturated rings. The molecule has 0 atom stereocenters. The van der Waals surface area contributed by atoms with Gasteiger partial charge in [-0.05, 0) is 103 Å². The molecule has 14 rings (SSSR count). The molecule has 0 unspecified atom stereocenters. The lowest BCUT2D eigenvalue weighted by atomic mass is 9.93. The van der Waals surface area contributed by atoms with E-state index >= 15 is 0 Å². The Kier molecular flexibility index (Phi) is 7.25. The Hall–Kier alpha value is -8.77. The summed E-state index contributed by atoms with van der Waals surface area (Å²) in [6, 6.07) is 61.4. The van der Waals surface area contributed by atoms with Crippen molar-refractivity contribution in [2.75, 3.05) is 0 Å². The van der Waals surface area contributed by atoms with Crippen LogP contribution in [0.15, 0.2) is 230 Å². The number of para-hydroxylation sites is 3. The summed E-state index contributed by atoms with van der Waals surface area (Å²) in [4.78, 5) is 15.9. The van der Waals surface area contributed by atoms with Crippen LogP contribution in [0, 0.1) is 0 Å². The van der Waals surface area contributed by atoms with Crippen molar-refractivity contribution in [2.24, 2.45) is 0 Å². The number of nitrogens with zero attached hydrogens (tertiary/aromatic N) is 4. The highest BCUT2D eigenvalue weighted by molar-refractivity contribution is 7.26. The summed E-state index contributed by atoms with van der Waals surface area (Å²) < 4.78 is 66.7. The third-order valence-corrected chi connectivity index (χ3v) is 14.4. The highest BCUT2D eigenvalue weighted by Gasteiger charge is 2.21. The van der Waals surface area contributed by atoms with Gasteiger partial charge < -0.3 is 4.57 Å². The van der Waals surface area contributed by atoms with Crippen LogP contribution in [-0.4, -0.2) is 19.5 Å². The molecule has 0 saturated heterocycles. The predicted octanol–water partition coefficient (Wildman–Crippen LogP) is 17.1. The smallest absolute Gasteiger partial charge is 0.166 e. The Morgan fingerprint density at radius 3 is 1.71 bits per heavy atom. The summed E-state index contributed by atoms with van der Waals surface area (Å²) in [6.45, 7) is 0. The standard InChI is InChI=1S/C63H38N4S/c1-2-16-39(17-3-1)40-33-35-59-55(37-40)52-28-15-27-44(60(52)68-59)41-18-14-19-42(36-41)61-64-62(43-32-34-49-47-22-5-4-20-45(47)46-21-6-7-23-48(46)54(49)38-43)66-63(65-61)53-26-10-13-31-58(53)67-56-29-11-8-24-50(56)51-25-9-12-30-57(51)67/h1-38H/i8D,9D,11D,24D,25D,29D,30D. The minimum Gasteiger partial charge on any atom is -0.309 e. The molecule has 0 aliphatic heterocycles. The molecule has 5 heteroatoms. The number of fused-ring (bicyclic) bond motifs is 12. The van der Waals surface area contributed by atoms with E-state index in [0.717, 1.165) is 54.7 Å². The molecule has 3 aromatic heterocycles. The Bertz CT molecular complexity index is 4730. The van der Waals surface area contributed by atoms with E-state index in [1.807, 2.05) is 42.5 Å². The zero-order valence-corrected chi connectivity index (χ0v) is 36.9. The van der Waals surface area contributed by atoms with Crippen molar-refractivity contribution < 1.29 is 9.60 Å². The third-order valence-electron chi connectivity index (χ3n) is 13.1. The first-order valence-corrected chi connectivity index (χ1v) is 23.2. The van der Waals surface area contributed by atoms with Crippen molar-refractivity contribution in [3.8, 4) is 62.1 Å². The van der Waals surface area contributed by atoms with Gasteiger partial charge in [0.05, 0.1) is 26.3 Å². The molecule has 0 amide bonds. The summed E-state index contributed by atoms with van der Waals surface area (Å²) in [5.74, 6) is 1.10.